The molecule has 1 saturated heterocycles. The number of nitrogens with one attached hydrogen (secondary N) is 1. The van der Waals surface area contributed by atoms with Crippen LogP contribution in [0.3, 0.4) is 0 Å². The van der Waals surface area contributed by atoms with Crippen LogP contribution in [0.5, 0.6) is 5.75 Å². The maximum atomic E-state index is 11.5. The molecule has 0 saturated carbocycles. The van der Waals surface area contributed by atoms with Gasteiger partial charge >= 0.3 is 0 Å². The molecular formula is C25H33N3O3. The van der Waals surface area contributed by atoms with E-state index in [4.69, 9.17) is 4.74 Å². The Morgan fingerprint density at radius 2 is 1.77 bits per heavy atom. The normalized spacial score (nSPS) is 17.9. The summed E-state index contributed by atoms with van der Waals surface area (Å²) in [6.45, 7) is 9.10. The van der Waals surface area contributed by atoms with E-state index in [1.807, 2.05) is 18.2 Å². The number of fused-ring (bicyclic) bond motifs is 1. The number of hydrogen-bond donors (Lipinski definition) is 2. The molecule has 4 rings (SSSR count). The Kier molecular flexibility index (Phi) is 6.78. The zero-order valence-electron chi connectivity index (χ0n) is 18.5. The van der Waals surface area contributed by atoms with Gasteiger partial charge in [0, 0.05) is 50.5 Å². The van der Waals surface area contributed by atoms with Gasteiger partial charge in [0.2, 0.25) is 5.91 Å². The molecule has 6 nitrogen and oxygen atoms in total. The molecule has 2 N–H and O–H groups in total. The molecule has 0 spiro atoms. The van der Waals surface area contributed by atoms with Gasteiger partial charge in [-0.05, 0) is 53.8 Å². The summed E-state index contributed by atoms with van der Waals surface area (Å²) in [5.74, 6) is 1.35. The molecule has 0 bridgehead atoms. The van der Waals surface area contributed by atoms with Crippen LogP contribution in [0.1, 0.15) is 37.3 Å². The number of ether oxygens (including phenoxy) is 1. The average molecular weight is 424 g/mol. The van der Waals surface area contributed by atoms with E-state index < -0.39 is 6.10 Å². The molecule has 6 heteroatoms. The van der Waals surface area contributed by atoms with E-state index in [9.17, 15) is 9.90 Å². The number of benzene rings is 2. The molecule has 166 valence electrons. The molecule has 31 heavy (non-hydrogen) atoms. The summed E-state index contributed by atoms with van der Waals surface area (Å²) in [7, 11) is 0. The van der Waals surface area contributed by atoms with Gasteiger partial charge < -0.3 is 20.1 Å². The molecule has 2 aliphatic heterocycles. The second-order valence-corrected chi connectivity index (χ2v) is 8.87. The molecule has 2 aromatic rings. The molecule has 2 aromatic carbocycles. The minimum absolute atomic E-state index is 0.0595. The highest BCUT2D eigenvalue weighted by atomic mass is 16.5. The molecule has 0 aromatic heterocycles. The zero-order valence-corrected chi connectivity index (χ0v) is 18.5. The van der Waals surface area contributed by atoms with Crippen LogP contribution in [-0.2, 0) is 11.2 Å². The maximum absolute atomic E-state index is 11.5. The van der Waals surface area contributed by atoms with E-state index in [2.05, 4.69) is 53.2 Å². The molecule has 2 aliphatic rings. The number of aliphatic hydroxyl groups is 1. The number of β-amino-alcohol motifs (C(OH)–C–C–N with tert-alkyl or cyclic N) is 1. The summed E-state index contributed by atoms with van der Waals surface area (Å²) in [6, 6.07) is 14.6. The van der Waals surface area contributed by atoms with E-state index >= 15 is 0 Å². The van der Waals surface area contributed by atoms with Gasteiger partial charge in [-0.15, -0.1) is 0 Å². The Morgan fingerprint density at radius 1 is 1.03 bits per heavy atom. The molecule has 1 amide bonds. The second-order valence-electron chi connectivity index (χ2n) is 8.87. The third-order valence-electron chi connectivity index (χ3n) is 6.18. The summed E-state index contributed by atoms with van der Waals surface area (Å²) >= 11 is 0. The molecular weight excluding hydrogens is 390 g/mol. The summed E-state index contributed by atoms with van der Waals surface area (Å²) in [4.78, 5) is 16.2. The Labute approximate surface area is 184 Å². The van der Waals surface area contributed by atoms with Crippen LogP contribution in [0.15, 0.2) is 42.5 Å². The number of anilines is 2. The summed E-state index contributed by atoms with van der Waals surface area (Å²) < 4.78 is 5.82. The van der Waals surface area contributed by atoms with Gasteiger partial charge in [-0.25, -0.2) is 0 Å². The lowest BCUT2D eigenvalue weighted by molar-refractivity contribution is -0.116. The number of aliphatic hydroxyl groups excluding tert-OH is 1. The van der Waals surface area contributed by atoms with Crippen LogP contribution in [-0.4, -0.2) is 61.3 Å². The van der Waals surface area contributed by atoms with Crippen LogP contribution in [0.4, 0.5) is 11.4 Å². The standard InChI is InChI=1S/C25H33N3O3/c1-18(2)19-3-6-21(7-4-19)28-13-11-27(12-14-28)16-22(29)17-31-23-8-9-24-20(15-23)5-10-25(30)26-24/h3-4,6-9,15,18,22,29H,5,10-14,16-17H2,1-2H3,(H,26,30)/t22-/m1/s1. The number of rotatable bonds is 7. The van der Waals surface area contributed by atoms with E-state index in [0.29, 0.717) is 18.9 Å². The first-order valence-corrected chi connectivity index (χ1v) is 11.3. The van der Waals surface area contributed by atoms with Crippen LogP contribution in [0, 0.1) is 0 Å². The summed E-state index contributed by atoms with van der Waals surface area (Å²) in [6.07, 6.45) is 0.700. The van der Waals surface area contributed by atoms with Crippen LogP contribution >= 0.6 is 0 Å². The van der Waals surface area contributed by atoms with Gasteiger partial charge in [0.1, 0.15) is 18.5 Å². The first-order chi connectivity index (χ1) is 15.0. The number of piperazine rings is 1. The van der Waals surface area contributed by atoms with Crippen molar-refractivity contribution in [3.8, 4) is 5.75 Å². The van der Waals surface area contributed by atoms with Crippen molar-refractivity contribution in [2.75, 3.05) is 49.5 Å². The number of aryl methyl sites for hydroxylation is 1. The molecule has 2 heterocycles. The summed E-state index contributed by atoms with van der Waals surface area (Å²) in [5.41, 5.74) is 4.59. The predicted octanol–water partition coefficient (Wildman–Crippen LogP) is 3.26. The molecule has 0 radical (unpaired) electrons. The summed E-state index contributed by atoms with van der Waals surface area (Å²) in [5, 5.41) is 13.3. The highest BCUT2D eigenvalue weighted by Crippen LogP contribution is 2.27. The van der Waals surface area contributed by atoms with Crippen molar-refractivity contribution in [1.82, 2.24) is 4.90 Å². The first-order valence-electron chi connectivity index (χ1n) is 11.3. The average Bonchev–Trinajstić information content (AvgIpc) is 2.78. The van der Waals surface area contributed by atoms with Crippen molar-refractivity contribution in [3.63, 3.8) is 0 Å². The fourth-order valence-corrected chi connectivity index (χ4v) is 4.25. The Balaban J connectivity index is 1.21. The van der Waals surface area contributed by atoms with Crippen molar-refractivity contribution < 1.29 is 14.6 Å². The van der Waals surface area contributed by atoms with Gasteiger partial charge in [-0.3, -0.25) is 9.69 Å². The van der Waals surface area contributed by atoms with E-state index in [1.165, 1.54) is 11.3 Å². The first kappa shape index (κ1) is 21.7. The lowest BCUT2D eigenvalue weighted by atomic mass is 10.0. The SMILES string of the molecule is CC(C)c1ccc(N2CCN(C[C@@H](O)COc3ccc4c(c3)CCC(=O)N4)CC2)cc1. The Bertz CT molecular complexity index is 889. The molecule has 1 fully saturated rings. The van der Waals surface area contributed by atoms with Gasteiger partial charge in [-0.1, -0.05) is 26.0 Å². The number of amides is 1. The fraction of sp³-hybridized carbons (Fsp3) is 0.480. The Morgan fingerprint density at radius 3 is 2.48 bits per heavy atom. The lowest BCUT2D eigenvalue weighted by Gasteiger charge is -2.37. The topological polar surface area (TPSA) is 65.0 Å². The third kappa shape index (κ3) is 5.57. The van der Waals surface area contributed by atoms with Crippen LogP contribution in [0.25, 0.3) is 0 Å². The van der Waals surface area contributed by atoms with Crippen molar-refractivity contribution in [3.05, 3.63) is 53.6 Å². The Hall–Kier alpha value is -2.57. The number of nitrogens with zero attached hydrogens (tertiary/aromatic N) is 2. The van der Waals surface area contributed by atoms with E-state index in [-0.39, 0.29) is 12.5 Å². The minimum atomic E-state index is -0.535. The van der Waals surface area contributed by atoms with Gasteiger partial charge in [0.25, 0.3) is 0 Å². The zero-order chi connectivity index (χ0) is 21.8. The predicted molar refractivity (Wildman–Crippen MR) is 124 cm³/mol. The van der Waals surface area contributed by atoms with Crippen molar-refractivity contribution in [2.24, 2.45) is 0 Å². The highest BCUT2D eigenvalue weighted by molar-refractivity contribution is 5.94. The van der Waals surface area contributed by atoms with E-state index in [1.54, 1.807) is 0 Å². The highest BCUT2D eigenvalue weighted by Gasteiger charge is 2.20. The van der Waals surface area contributed by atoms with Gasteiger partial charge in [0.05, 0.1) is 0 Å². The smallest absolute Gasteiger partial charge is 0.224 e. The number of carbonyl (C=O) groups excluding carboxylic acids is 1. The molecule has 1 atom stereocenters. The fourth-order valence-electron chi connectivity index (χ4n) is 4.25. The lowest BCUT2D eigenvalue weighted by Crippen LogP contribution is -2.49. The number of carbonyl (C=O) groups is 1. The van der Waals surface area contributed by atoms with Crippen molar-refractivity contribution >= 4 is 17.3 Å². The largest absolute Gasteiger partial charge is 0.491 e. The molecule has 0 unspecified atom stereocenters. The van der Waals surface area contributed by atoms with E-state index in [0.717, 1.165) is 49.6 Å². The maximum Gasteiger partial charge on any atom is 0.224 e. The quantitative estimate of drug-likeness (QED) is 0.716. The van der Waals surface area contributed by atoms with Crippen LogP contribution in [0.2, 0.25) is 0 Å². The number of hydrogen-bond acceptors (Lipinski definition) is 5. The third-order valence-corrected chi connectivity index (χ3v) is 6.18. The monoisotopic (exact) mass is 423 g/mol. The van der Waals surface area contributed by atoms with Crippen molar-refractivity contribution in [1.29, 1.82) is 0 Å². The van der Waals surface area contributed by atoms with Crippen molar-refractivity contribution in [2.45, 2.75) is 38.7 Å². The van der Waals surface area contributed by atoms with Gasteiger partial charge in [-0.2, -0.15) is 0 Å². The van der Waals surface area contributed by atoms with Gasteiger partial charge in [0.15, 0.2) is 0 Å². The second kappa shape index (κ2) is 9.71. The van der Waals surface area contributed by atoms with Crippen LogP contribution < -0.4 is 15.0 Å². The molecule has 0 aliphatic carbocycles. The minimum Gasteiger partial charge on any atom is -0.491 e.